The molecule has 2 rings (SSSR count). The first kappa shape index (κ1) is 14.5. The molecule has 1 atom stereocenters. The number of aliphatic hydroxyl groups is 1. The first-order valence-electron chi connectivity index (χ1n) is 6.61. The van der Waals surface area contributed by atoms with Gasteiger partial charge in [-0.1, -0.05) is 28.1 Å². The second kappa shape index (κ2) is 5.63. The number of benzene rings is 1. The fourth-order valence-corrected chi connectivity index (χ4v) is 2.95. The standard InChI is InChI=1S/C15H20BrNO2/c1-15(2)9-13(18)10-17(15)14(19)8-5-11-3-6-12(16)7-4-11/h3-4,6-7,13,18H,5,8-10H2,1-2H3. The molecule has 0 bridgehead atoms. The Labute approximate surface area is 122 Å². The summed E-state index contributed by atoms with van der Waals surface area (Å²) in [6.45, 7) is 4.49. The summed E-state index contributed by atoms with van der Waals surface area (Å²) in [6.07, 6.45) is 1.52. The molecule has 1 N–H and O–H groups in total. The lowest BCUT2D eigenvalue weighted by Gasteiger charge is -2.31. The Hall–Kier alpha value is -0.870. The Morgan fingerprint density at radius 3 is 2.58 bits per heavy atom. The van der Waals surface area contributed by atoms with E-state index in [0.717, 1.165) is 16.5 Å². The third-order valence-electron chi connectivity index (χ3n) is 3.70. The molecule has 1 fully saturated rings. The number of carbonyl (C=O) groups is 1. The van der Waals surface area contributed by atoms with Gasteiger partial charge in [0.05, 0.1) is 6.10 Å². The predicted octanol–water partition coefficient (Wildman–Crippen LogP) is 2.75. The number of hydrogen-bond acceptors (Lipinski definition) is 2. The molecule has 0 spiro atoms. The van der Waals surface area contributed by atoms with Crippen LogP contribution in [0.15, 0.2) is 28.7 Å². The number of amides is 1. The molecule has 1 aliphatic heterocycles. The highest BCUT2D eigenvalue weighted by molar-refractivity contribution is 9.10. The van der Waals surface area contributed by atoms with Gasteiger partial charge in [-0.3, -0.25) is 4.79 Å². The zero-order valence-electron chi connectivity index (χ0n) is 11.4. The van der Waals surface area contributed by atoms with Crippen LogP contribution in [0.5, 0.6) is 0 Å². The average Bonchev–Trinajstić information content (AvgIpc) is 2.61. The Kier molecular flexibility index (Phi) is 4.31. The van der Waals surface area contributed by atoms with Gasteiger partial charge < -0.3 is 10.0 Å². The van der Waals surface area contributed by atoms with Crippen LogP contribution in [0.4, 0.5) is 0 Å². The van der Waals surface area contributed by atoms with Crippen LogP contribution in [0.2, 0.25) is 0 Å². The number of aliphatic hydroxyl groups excluding tert-OH is 1. The molecule has 1 amide bonds. The van der Waals surface area contributed by atoms with Crippen molar-refractivity contribution in [2.24, 2.45) is 0 Å². The van der Waals surface area contributed by atoms with Gasteiger partial charge in [-0.15, -0.1) is 0 Å². The maximum absolute atomic E-state index is 12.3. The van der Waals surface area contributed by atoms with E-state index >= 15 is 0 Å². The largest absolute Gasteiger partial charge is 0.391 e. The quantitative estimate of drug-likeness (QED) is 0.928. The van der Waals surface area contributed by atoms with Gasteiger partial charge in [-0.2, -0.15) is 0 Å². The summed E-state index contributed by atoms with van der Waals surface area (Å²) in [4.78, 5) is 14.1. The van der Waals surface area contributed by atoms with Crippen molar-refractivity contribution in [3.63, 3.8) is 0 Å². The van der Waals surface area contributed by atoms with Crippen LogP contribution >= 0.6 is 15.9 Å². The molecule has 1 aromatic rings. The van der Waals surface area contributed by atoms with Crippen molar-refractivity contribution in [2.75, 3.05) is 6.54 Å². The molecule has 19 heavy (non-hydrogen) atoms. The summed E-state index contributed by atoms with van der Waals surface area (Å²) in [5, 5.41) is 9.70. The molecular weight excluding hydrogens is 306 g/mol. The second-order valence-electron chi connectivity index (χ2n) is 5.80. The fourth-order valence-electron chi connectivity index (χ4n) is 2.69. The molecule has 1 aliphatic rings. The van der Waals surface area contributed by atoms with E-state index < -0.39 is 0 Å². The van der Waals surface area contributed by atoms with Crippen molar-refractivity contribution in [3.8, 4) is 0 Å². The van der Waals surface area contributed by atoms with E-state index in [1.54, 1.807) is 0 Å². The molecule has 1 unspecified atom stereocenters. The Bertz CT molecular complexity index is 456. The van der Waals surface area contributed by atoms with Crippen LogP contribution in [0.3, 0.4) is 0 Å². The van der Waals surface area contributed by atoms with Crippen molar-refractivity contribution in [2.45, 2.75) is 44.8 Å². The number of rotatable bonds is 3. The molecule has 104 valence electrons. The van der Waals surface area contributed by atoms with Crippen LogP contribution in [0.1, 0.15) is 32.3 Å². The fraction of sp³-hybridized carbons (Fsp3) is 0.533. The third-order valence-corrected chi connectivity index (χ3v) is 4.23. The van der Waals surface area contributed by atoms with Gasteiger partial charge in [0, 0.05) is 23.0 Å². The summed E-state index contributed by atoms with van der Waals surface area (Å²) in [7, 11) is 0. The highest BCUT2D eigenvalue weighted by atomic mass is 79.9. The van der Waals surface area contributed by atoms with E-state index in [1.165, 1.54) is 0 Å². The monoisotopic (exact) mass is 325 g/mol. The predicted molar refractivity (Wildman–Crippen MR) is 78.9 cm³/mol. The minimum atomic E-state index is -0.383. The van der Waals surface area contributed by atoms with Gasteiger partial charge in [0.25, 0.3) is 0 Å². The molecule has 0 aliphatic carbocycles. The van der Waals surface area contributed by atoms with Crippen LogP contribution in [0.25, 0.3) is 0 Å². The lowest BCUT2D eigenvalue weighted by molar-refractivity contribution is -0.134. The van der Waals surface area contributed by atoms with E-state index in [9.17, 15) is 9.90 Å². The third kappa shape index (κ3) is 3.57. The van der Waals surface area contributed by atoms with Gasteiger partial charge in [0.1, 0.15) is 0 Å². The van der Waals surface area contributed by atoms with Crippen LogP contribution in [-0.4, -0.2) is 34.1 Å². The van der Waals surface area contributed by atoms with Crippen molar-refractivity contribution in [1.82, 2.24) is 4.90 Å². The second-order valence-corrected chi connectivity index (χ2v) is 6.72. The Balaban J connectivity index is 1.93. The first-order chi connectivity index (χ1) is 8.88. The number of aryl methyl sites for hydroxylation is 1. The van der Waals surface area contributed by atoms with E-state index in [2.05, 4.69) is 15.9 Å². The Morgan fingerprint density at radius 2 is 2.05 bits per heavy atom. The van der Waals surface area contributed by atoms with Crippen molar-refractivity contribution in [3.05, 3.63) is 34.3 Å². The van der Waals surface area contributed by atoms with E-state index in [1.807, 2.05) is 43.0 Å². The highest BCUT2D eigenvalue weighted by Crippen LogP contribution is 2.29. The van der Waals surface area contributed by atoms with Crippen LogP contribution in [0, 0.1) is 0 Å². The zero-order valence-corrected chi connectivity index (χ0v) is 13.0. The number of halogens is 1. The molecule has 1 aromatic carbocycles. The highest BCUT2D eigenvalue weighted by Gasteiger charge is 2.39. The molecule has 4 heteroatoms. The molecular formula is C15H20BrNO2. The summed E-state index contributed by atoms with van der Waals surface area (Å²) >= 11 is 3.40. The maximum atomic E-state index is 12.3. The normalized spacial score (nSPS) is 21.7. The van der Waals surface area contributed by atoms with E-state index in [4.69, 9.17) is 0 Å². The molecule has 0 saturated carbocycles. The van der Waals surface area contributed by atoms with Gasteiger partial charge in [-0.25, -0.2) is 0 Å². The minimum absolute atomic E-state index is 0.129. The average molecular weight is 326 g/mol. The number of hydrogen-bond donors (Lipinski definition) is 1. The van der Waals surface area contributed by atoms with E-state index in [0.29, 0.717) is 19.4 Å². The lowest BCUT2D eigenvalue weighted by Crippen LogP contribution is -2.42. The zero-order chi connectivity index (χ0) is 14.0. The SMILES string of the molecule is CC1(C)CC(O)CN1C(=O)CCc1ccc(Br)cc1. The summed E-state index contributed by atoms with van der Waals surface area (Å²) in [5.74, 6) is 0.129. The first-order valence-corrected chi connectivity index (χ1v) is 7.41. The Morgan fingerprint density at radius 1 is 1.42 bits per heavy atom. The van der Waals surface area contributed by atoms with Crippen LogP contribution < -0.4 is 0 Å². The van der Waals surface area contributed by atoms with Gasteiger partial charge in [0.15, 0.2) is 0 Å². The van der Waals surface area contributed by atoms with Crippen LogP contribution in [-0.2, 0) is 11.2 Å². The lowest BCUT2D eigenvalue weighted by atomic mass is 10.0. The summed E-state index contributed by atoms with van der Waals surface area (Å²) in [6, 6.07) is 8.04. The molecule has 0 aromatic heterocycles. The topological polar surface area (TPSA) is 40.5 Å². The smallest absolute Gasteiger partial charge is 0.223 e. The summed E-state index contributed by atoms with van der Waals surface area (Å²) in [5.41, 5.74) is 0.935. The van der Waals surface area contributed by atoms with Crippen molar-refractivity contribution >= 4 is 21.8 Å². The molecule has 1 heterocycles. The number of β-amino-alcohol motifs (C(OH)–C–C–N with tert-alkyl or cyclic N) is 1. The number of carbonyl (C=O) groups excluding carboxylic acids is 1. The van der Waals surface area contributed by atoms with Crippen molar-refractivity contribution < 1.29 is 9.90 Å². The number of likely N-dealkylation sites (tertiary alicyclic amines) is 1. The van der Waals surface area contributed by atoms with Crippen molar-refractivity contribution in [1.29, 1.82) is 0 Å². The molecule has 0 radical (unpaired) electrons. The maximum Gasteiger partial charge on any atom is 0.223 e. The summed E-state index contributed by atoms with van der Waals surface area (Å²) < 4.78 is 1.05. The van der Waals surface area contributed by atoms with Gasteiger partial charge in [-0.05, 0) is 44.4 Å². The van der Waals surface area contributed by atoms with Gasteiger partial charge in [0.2, 0.25) is 5.91 Å². The number of nitrogens with zero attached hydrogens (tertiary/aromatic N) is 1. The molecule has 1 saturated heterocycles. The molecule has 3 nitrogen and oxygen atoms in total. The minimum Gasteiger partial charge on any atom is -0.391 e. The van der Waals surface area contributed by atoms with E-state index in [-0.39, 0.29) is 17.6 Å². The van der Waals surface area contributed by atoms with Gasteiger partial charge >= 0.3 is 0 Å².